The first kappa shape index (κ1) is 17.9. The maximum atomic E-state index is 13.9. The Labute approximate surface area is 145 Å². The molecule has 0 saturated heterocycles. The van der Waals surface area contributed by atoms with Gasteiger partial charge in [-0.3, -0.25) is 15.0 Å². The molecule has 0 radical (unpaired) electrons. The third kappa shape index (κ3) is 3.92. The molecule has 2 rings (SSSR count). The maximum Gasteiger partial charge on any atom is 0.274 e. The topological polar surface area (TPSA) is 49.4 Å². The molecule has 4 nitrogen and oxygen atoms in total. The zero-order valence-electron chi connectivity index (χ0n) is 13.6. The first-order chi connectivity index (χ1) is 11.2. The van der Waals surface area contributed by atoms with Crippen LogP contribution in [-0.4, -0.2) is 22.4 Å². The molecule has 1 N–H and O–H groups in total. The van der Waals surface area contributed by atoms with Crippen molar-refractivity contribution in [3.8, 4) is 0 Å². The van der Waals surface area contributed by atoms with Gasteiger partial charge < -0.3 is 0 Å². The Hall–Kier alpha value is -2.40. The Morgan fingerprint density at radius 1 is 1.04 bits per heavy atom. The molecule has 0 fully saturated rings. The van der Waals surface area contributed by atoms with Crippen LogP contribution >= 0.6 is 11.6 Å². The molecule has 0 unspecified atom stereocenters. The summed E-state index contributed by atoms with van der Waals surface area (Å²) in [5.74, 6) is -1.93. The van der Waals surface area contributed by atoms with Gasteiger partial charge in [0.05, 0.1) is 16.1 Å². The molecule has 0 bridgehead atoms. The van der Waals surface area contributed by atoms with Gasteiger partial charge in [0, 0.05) is 5.56 Å². The highest BCUT2D eigenvalue weighted by molar-refractivity contribution is 6.33. The first-order valence-electron chi connectivity index (χ1n) is 7.36. The Balaban J connectivity index is 2.34. The van der Waals surface area contributed by atoms with E-state index in [9.17, 15) is 14.0 Å². The van der Waals surface area contributed by atoms with Crippen LogP contribution in [0.25, 0.3) is 0 Å². The van der Waals surface area contributed by atoms with E-state index in [1.54, 1.807) is 51.1 Å². The highest BCUT2D eigenvalue weighted by Crippen LogP contribution is 2.21. The van der Waals surface area contributed by atoms with Crippen molar-refractivity contribution >= 4 is 23.4 Å². The van der Waals surface area contributed by atoms with Crippen LogP contribution in [0.4, 0.5) is 4.39 Å². The fourth-order valence-electron chi connectivity index (χ4n) is 2.11. The van der Waals surface area contributed by atoms with Crippen LogP contribution in [0, 0.1) is 5.82 Å². The lowest BCUT2D eigenvalue weighted by Gasteiger charge is -2.35. The summed E-state index contributed by atoms with van der Waals surface area (Å²) >= 11 is 5.91. The second kappa shape index (κ2) is 7.01. The van der Waals surface area contributed by atoms with Crippen molar-refractivity contribution in [3.05, 3.63) is 70.5 Å². The molecule has 24 heavy (non-hydrogen) atoms. The van der Waals surface area contributed by atoms with Gasteiger partial charge in [0.2, 0.25) is 0 Å². The summed E-state index contributed by atoms with van der Waals surface area (Å²) in [7, 11) is 0. The number of benzene rings is 2. The molecule has 6 heteroatoms. The van der Waals surface area contributed by atoms with Crippen molar-refractivity contribution in [2.45, 2.75) is 26.3 Å². The maximum absolute atomic E-state index is 13.9. The van der Waals surface area contributed by atoms with E-state index < -0.39 is 23.2 Å². The smallest absolute Gasteiger partial charge is 0.267 e. The van der Waals surface area contributed by atoms with Crippen molar-refractivity contribution in [2.24, 2.45) is 0 Å². The summed E-state index contributed by atoms with van der Waals surface area (Å²) in [4.78, 5) is 25.2. The highest BCUT2D eigenvalue weighted by atomic mass is 35.5. The number of nitrogens with zero attached hydrogens (tertiary/aromatic N) is 1. The number of carbonyl (C=O) groups is 2. The van der Waals surface area contributed by atoms with E-state index in [0.717, 1.165) is 6.07 Å². The monoisotopic (exact) mass is 348 g/mol. The van der Waals surface area contributed by atoms with Gasteiger partial charge in [0.15, 0.2) is 0 Å². The lowest BCUT2D eigenvalue weighted by atomic mass is 10.1. The van der Waals surface area contributed by atoms with Crippen molar-refractivity contribution in [1.82, 2.24) is 10.4 Å². The quantitative estimate of drug-likeness (QED) is 0.832. The van der Waals surface area contributed by atoms with Crippen LogP contribution in [0.1, 0.15) is 41.5 Å². The Morgan fingerprint density at radius 2 is 1.67 bits per heavy atom. The van der Waals surface area contributed by atoms with Gasteiger partial charge in [-0.25, -0.2) is 9.40 Å². The predicted molar refractivity (Wildman–Crippen MR) is 91.2 cm³/mol. The molecule has 0 heterocycles. The molecule has 0 aliphatic heterocycles. The van der Waals surface area contributed by atoms with Gasteiger partial charge >= 0.3 is 0 Å². The molecule has 0 saturated carbocycles. The molecule has 2 aromatic carbocycles. The van der Waals surface area contributed by atoms with Crippen LogP contribution < -0.4 is 5.43 Å². The van der Waals surface area contributed by atoms with E-state index in [2.05, 4.69) is 5.43 Å². The lowest BCUT2D eigenvalue weighted by molar-refractivity contribution is 0.0357. The first-order valence-corrected chi connectivity index (χ1v) is 7.74. The minimum atomic E-state index is -0.780. The molecule has 2 amide bonds. The zero-order valence-corrected chi connectivity index (χ0v) is 14.4. The minimum absolute atomic E-state index is 0.0199. The van der Waals surface area contributed by atoms with E-state index in [-0.39, 0.29) is 10.6 Å². The average Bonchev–Trinajstić information content (AvgIpc) is 2.51. The summed E-state index contributed by atoms with van der Waals surface area (Å²) < 4.78 is 13.9. The number of nitrogens with one attached hydrogen (secondary N) is 1. The number of hydrogen-bond donors (Lipinski definition) is 1. The average molecular weight is 349 g/mol. The molecule has 2 aromatic rings. The third-order valence-corrected chi connectivity index (χ3v) is 3.61. The van der Waals surface area contributed by atoms with Gasteiger partial charge in [-0.05, 0) is 45.0 Å². The van der Waals surface area contributed by atoms with Gasteiger partial charge in [-0.15, -0.1) is 0 Å². The summed E-state index contributed by atoms with van der Waals surface area (Å²) in [6.07, 6.45) is 0. The molecule has 126 valence electrons. The SMILES string of the molecule is CC(C)(C)N(NC(=O)c1c(F)cccc1Cl)C(=O)c1ccccc1. The number of hydrogen-bond acceptors (Lipinski definition) is 2. The van der Waals surface area contributed by atoms with Gasteiger partial charge in [0.1, 0.15) is 5.82 Å². The van der Waals surface area contributed by atoms with E-state index in [4.69, 9.17) is 11.6 Å². The van der Waals surface area contributed by atoms with Gasteiger partial charge in [-0.2, -0.15) is 0 Å². The van der Waals surface area contributed by atoms with Gasteiger partial charge in [-0.1, -0.05) is 35.9 Å². The van der Waals surface area contributed by atoms with Crippen LogP contribution in [0.3, 0.4) is 0 Å². The van der Waals surface area contributed by atoms with Crippen molar-refractivity contribution in [3.63, 3.8) is 0 Å². The fourth-order valence-corrected chi connectivity index (χ4v) is 2.35. The standard InChI is InChI=1S/C18H18ClFN2O2/c1-18(2,3)22(17(24)12-8-5-4-6-9-12)21-16(23)15-13(19)10-7-11-14(15)20/h4-11H,1-3H3,(H,21,23). The number of halogens is 2. The zero-order chi connectivity index (χ0) is 17.9. The van der Waals surface area contributed by atoms with E-state index in [1.807, 2.05) is 0 Å². The number of carbonyl (C=O) groups excluding carboxylic acids is 2. The second-order valence-corrected chi connectivity index (χ2v) is 6.62. The summed E-state index contributed by atoms with van der Waals surface area (Å²) in [6, 6.07) is 12.5. The lowest BCUT2D eigenvalue weighted by Crippen LogP contribution is -2.56. The molecule has 0 atom stereocenters. The second-order valence-electron chi connectivity index (χ2n) is 6.21. The Kier molecular flexibility index (Phi) is 5.24. The van der Waals surface area contributed by atoms with Crippen molar-refractivity contribution in [2.75, 3.05) is 0 Å². The van der Waals surface area contributed by atoms with Gasteiger partial charge in [0.25, 0.3) is 11.8 Å². The van der Waals surface area contributed by atoms with Crippen molar-refractivity contribution in [1.29, 1.82) is 0 Å². The Bertz CT molecular complexity index is 737. The molecular formula is C18H18ClFN2O2. The summed E-state index contributed by atoms with van der Waals surface area (Å²) in [5, 5.41) is 1.15. The molecule has 0 aromatic heterocycles. The molecule has 0 spiro atoms. The predicted octanol–water partition coefficient (Wildman–Crippen LogP) is 4.06. The van der Waals surface area contributed by atoms with E-state index in [0.29, 0.717) is 5.56 Å². The minimum Gasteiger partial charge on any atom is -0.267 e. The molecule has 0 aliphatic carbocycles. The highest BCUT2D eigenvalue weighted by Gasteiger charge is 2.30. The number of hydrazine groups is 1. The van der Waals surface area contributed by atoms with Crippen molar-refractivity contribution < 1.29 is 14.0 Å². The van der Waals surface area contributed by atoms with Crippen LogP contribution in [0.5, 0.6) is 0 Å². The third-order valence-electron chi connectivity index (χ3n) is 3.30. The number of rotatable bonds is 2. The number of amides is 2. The van der Waals surface area contributed by atoms with E-state index in [1.165, 1.54) is 17.1 Å². The van der Waals surface area contributed by atoms with Crippen LogP contribution in [0.2, 0.25) is 5.02 Å². The Morgan fingerprint density at radius 3 is 2.21 bits per heavy atom. The molecule has 0 aliphatic rings. The normalized spacial score (nSPS) is 11.0. The van der Waals surface area contributed by atoms with E-state index >= 15 is 0 Å². The summed E-state index contributed by atoms with van der Waals surface area (Å²) in [6.45, 7) is 5.28. The summed E-state index contributed by atoms with van der Waals surface area (Å²) in [5.41, 5.74) is 1.86. The van der Waals surface area contributed by atoms with Crippen LogP contribution in [0.15, 0.2) is 48.5 Å². The van der Waals surface area contributed by atoms with Crippen LogP contribution in [-0.2, 0) is 0 Å². The fraction of sp³-hybridized carbons (Fsp3) is 0.222. The molecular weight excluding hydrogens is 331 g/mol. The largest absolute Gasteiger partial charge is 0.274 e.